The Morgan fingerprint density at radius 2 is 2.12 bits per heavy atom. The van der Waals surface area contributed by atoms with Gasteiger partial charge >= 0.3 is 0 Å². The third kappa shape index (κ3) is 3.32. The Morgan fingerprint density at radius 1 is 1.50 bits per heavy atom. The SMILES string of the molecule is CN(C)/C=C/C(=O)c1cc(F)c(Br)cc1Cl. The van der Waals surface area contributed by atoms with Gasteiger partial charge in [0.25, 0.3) is 0 Å². The maximum atomic E-state index is 13.2. The number of nitrogens with zero attached hydrogens (tertiary/aromatic N) is 1. The standard InChI is InChI=1S/C11H10BrClFNO/c1-15(2)4-3-11(16)7-5-10(14)8(12)6-9(7)13/h3-6H,1-2H3/b4-3+. The van der Waals surface area contributed by atoms with Gasteiger partial charge in [-0.3, -0.25) is 4.79 Å². The van der Waals surface area contributed by atoms with Gasteiger partial charge in [0, 0.05) is 31.9 Å². The smallest absolute Gasteiger partial charge is 0.188 e. The lowest BCUT2D eigenvalue weighted by atomic mass is 10.1. The molecule has 0 N–H and O–H groups in total. The summed E-state index contributed by atoms with van der Waals surface area (Å²) >= 11 is 8.84. The number of benzene rings is 1. The number of allylic oxidation sites excluding steroid dienone is 1. The molecular formula is C11H10BrClFNO. The topological polar surface area (TPSA) is 20.3 Å². The molecular weight excluding hydrogens is 296 g/mol. The first-order valence-corrected chi connectivity index (χ1v) is 5.62. The van der Waals surface area contributed by atoms with Crippen LogP contribution in [0.5, 0.6) is 0 Å². The first-order chi connectivity index (χ1) is 7.41. The summed E-state index contributed by atoms with van der Waals surface area (Å²) in [5.41, 5.74) is 0.153. The van der Waals surface area contributed by atoms with E-state index in [0.29, 0.717) is 0 Å². The summed E-state index contributed by atoms with van der Waals surface area (Å²) in [5.74, 6) is -0.837. The molecule has 16 heavy (non-hydrogen) atoms. The molecule has 0 aliphatic carbocycles. The highest BCUT2D eigenvalue weighted by Gasteiger charge is 2.11. The zero-order valence-corrected chi connectivity index (χ0v) is 11.1. The molecule has 0 atom stereocenters. The van der Waals surface area contributed by atoms with Crippen LogP contribution in [0, 0.1) is 5.82 Å². The molecule has 0 bridgehead atoms. The van der Waals surface area contributed by atoms with E-state index in [9.17, 15) is 9.18 Å². The maximum Gasteiger partial charge on any atom is 0.188 e. The first kappa shape index (κ1) is 13.2. The maximum absolute atomic E-state index is 13.2. The van der Waals surface area contributed by atoms with Crippen LogP contribution in [0.15, 0.2) is 28.9 Å². The summed E-state index contributed by atoms with van der Waals surface area (Å²) in [5, 5.41) is 0.224. The summed E-state index contributed by atoms with van der Waals surface area (Å²) in [6.45, 7) is 0. The van der Waals surface area contributed by atoms with Gasteiger partial charge in [-0.05, 0) is 28.1 Å². The molecule has 0 saturated heterocycles. The third-order valence-electron chi connectivity index (χ3n) is 1.80. The van der Waals surface area contributed by atoms with Crippen LogP contribution in [0.1, 0.15) is 10.4 Å². The summed E-state index contributed by atoms with van der Waals surface area (Å²) in [7, 11) is 3.57. The molecule has 0 unspecified atom stereocenters. The summed E-state index contributed by atoms with van der Waals surface area (Å²) < 4.78 is 13.5. The second kappa shape index (κ2) is 5.46. The summed E-state index contributed by atoms with van der Waals surface area (Å²) in [6.07, 6.45) is 2.92. The second-order valence-electron chi connectivity index (χ2n) is 3.39. The van der Waals surface area contributed by atoms with E-state index < -0.39 is 5.82 Å². The van der Waals surface area contributed by atoms with Crippen molar-refractivity contribution in [3.63, 3.8) is 0 Å². The van der Waals surface area contributed by atoms with Crippen molar-refractivity contribution in [2.45, 2.75) is 0 Å². The lowest BCUT2D eigenvalue weighted by Gasteiger charge is -2.04. The number of carbonyl (C=O) groups excluding carboxylic acids is 1. The molecule has 1 rings (SSSR count). The molecule has 5 heteroatoms. The second-order valence-corrected chi connectivity index (χ2v) is 4.65. The van der Waals surface area contributed by atoms with Crippen LogP contribution in [0.25, 0.3) is 0 Å². The van der Waals surface area contributed by atoms with Gasteiger partial charge in [0.05, 0.1) is 9.50 Å². The van der Waals surface area contributed by atoms with Crippen molar-refractivity contribution in [2.75, 3.05) is 14.1 Å². The van der Waals surface area contributed by atoms with E-state index in [1.165, 1.54) is 12.1 Å². The Morgan fingerprint density at radius 3 is 2.69 bits per heavy atom. The Kier molecular flexibility index (Phi) is 4.50. The van der Waals surface area contributed by atoms with Crippen LogP contribution < -0.4 is 0 Å². The summed E-state index contributed by atoms with van der Waals surface area (Å²) in [6, 6.07) is 2.49. The minimum Gasteiger partial charge on any atom is -0.383 e. The van der Waals surface area contributed by atoms with E-state index in [1.54, 1.807) is 25.2 Å². The molecule has 0 radical (unpaired) electrons. The van der Waals surface area contributed by atoms with Crippen molar-refractivity contribution < 1.29 is 9.18 Å². The Bertz CT molecular complexity index is 446. The van der Waals surface area contributed by atoms with Gasteiger partial charge in [0.15, 0.2) is 5.78 Å². The van der Waals surface area contributed by atoms with E-state index in [0.717, 1.165) is 6.07 Å². The number of carbonyl (C=O) groups is 1. The molecule has 86 valence electrons. The quantitative estimate of drug-likeness (QED) is 0.484. The Balaban J connectivity index is 3.05. The van der Waals surface area contributed by atoms with Crippen LogP contribution in [0.2, 0.25) is 5.02 Å². The van der Waals surface area contributed by atoms with Crippen LogP contribution in [0.3, 0.4) is 0 Å². The third-order valence-corrected chi connectivity index (χ3v) is 2.72. The van der Waals surface area contributed by atoms with Crippen molar-refractivity contribution in [3.05, 3.63) is 45.3 Å². The highest BCUT2D eigenvalue weighted by atomic mass is 79.9. The zero-order chi connectivity index (χ0) is 12.3. The van der Waals surface area contributed by atoms with Crippen molar-refractivity contribution in [1.82, 2.24) is 4.90 Å². The highest BCUT2D eigenvalue weighted by molar-refractivity contribution is 9.10. The van der Waals surface area contributed by atoms with Crippen molar-refractivity contribution in [3.8, 4) is 0 Å². The molecule has 0 aliphatic heterocycles. The lowest BCUT2D eigenvalue weighted by Crippen LogP contribution is -2.04. The average Bonchev–Trinajstić information content (AvgIpc) is 2.20. The van der Waals surface area contributed by atoms with Gasteiger partial charge in [0.2, 0.25) is 0 Å². The molecule has 0 aromatic heterocycles. The number of ketones is 1. The summed E-state index contributed by atoms with van der Waals surface area (Å²) in [4.78, 5) is 13.4. The van der Waals surface area contributed by atoms with Gasteiger partial charge in [-0.15, -0.1) is 0 Å². The lowest BCUT2D eigenvalue weighted by molar-refractivity contribution is 0.104. The van der Waals surface area contributed by atoms with Crippen molar-refractivity contribution >= 4 is 33.3 Å². The van der Waals surface area contributed by atoms with Crippen LogP contribution >= 0.6 is 27.5 Å². The minimum atomic E-state index is -0.508. The highest BCUT2D eigenvalue weighted by Crippen LogP contribution is 2.25. The number of hydrogen-bond acceptors (Lipinski definition) is 2. The largest absolute Gasteiger partial charge is 0.383 e. The predicted molar refractivity (Wildman–Crippen MR) is 66.3 cm³/mol. The van der Waals surface area contributed by atoms with Crippen LogP contribution in [-0.2, 0) is 0 Å². The number of halogens is 3. The molecule has 0 saturated carbocycles. The molecule has 2 nitrogen and oxygen atoms in total. The average molecular weight is 307 g/mol. The number of hydrogen-bond donors (Lipinski definition) is 0. The molecule has 0 aliphatic rings. The van der Waals surface area contributed by atoms with E-state index in [1.807, 2.05) is 0 Å². The van der Waals surface area contributed by atoms with Crippen molar-refractivity contribution in [1.29, 1.82) is 0 Å². The van der Waals surface area contributed by atoms with Crippen molar-refractivity contribution in [2.24, 2.45) is 0 Å². The molecule has 0 fully saturated rings. The fourth-order valence-electron chi connectivity index (χ4n) is 1.02. The molecule has 0 spiro atoms. The molecule has 1 aromatic carbocycles. The van der Waals surface area contributed by atoms with Crippen LogP contribution in [-0.4, -0.2) is 24.8 Å². The van der Waals surface area contributed by atoms with Gasteiger partial charge in [0.1, 0.15) is 5.82 Å². The molecule has 0 heterocycles. The van der Waals surface area contributed by atoms with Gasteiger partial charge in [-0.2, -0.15) is 0 Å². The fourth-order valence-corrected chi connectivity index (χ4v) is 1.75. The van der Waals surface area contributed by atoms with Gasteiger partial charge in [-0.1, -0.05) is 11.6 Å². The van der Waals surface area contributed by atoms with E-state index in [2.05, 4.69) is 15.9 Å². The van der Waals surface area contributed by atoms with E-state index in [4.69, 9.17) is 11.6 Å². The fraction of sp³-hybridized carbons (Fsp3) is 0.182. The molecule has 0 amide bonds. The zero-order valence-electron chi connectivity index (χ0n) is 8.80. The first-order valence-electron chi connectivity index (χ1n) is 4.45. The number of rotatable bonds is 3. The molecule has 1 aromatic rings. The van der Waals surface area contributed by atoms with E-state index in [-0.39, 0.29) is 20.8 Å². The monoisotopic (exact) mass is 305 g/mol. The van der Waals surface area contributed by atoms with Gasteiger partial charge in [-0.25, -0.2) is 4.39 Å². The normalized spacial score (nSPS) is 10.8. The Labute approximate surface area is 107 Å². The Hall–Kier alpha value is -0.870. The minimum absolute atomic E-state index is 0.153. The van der Waals surface area contributed by atoms with Gasteiger partial charge < -0.3 is 4.90 Å². The van der Waals surface area contributed by atoms with Crippen LogP contribution in [0.4, 0.5) is 4.39 Å². The van der Waals surface area contributed by atoms with E-state index >= 15 is 0 Å². The predicted octanol–water partition coefficient (Wildman–Crippen LogP) is 3.50.